The highest BCUT2D eigenvalue weighted by Gasteiger charge is 2.13. The normalized spacial score (nSPS) is 17.8. The minimum Gasteiger partial charge on any atom is -0.376 e. The molecule has 1 aromatic heterocycles. The summed E-state index contributed by atoms with van der Waals surface area (Å²) in [6, 6.07) is 0. The van der Waals surface area contributed by atoms with Gasteiger partial charge in [-0.05, 0) is 25.9 Å². The van der Waals surface area contributed by atoms with E-state index in [0.717, 1.165) is 30.5 Å². The van der Waals surface area contributed by atoms with Crippen molar-refractivity contribution in [2.45, 2.75) is 25.5 Å². The van der Waals surface area contributed by atoms with E-state index in [0.29, 0.717) is 13.2 Å². The number of nitrogens with one attached hydrogen (secondary N) is 3. The third-order valence-electron chi connectivity index (χ3n) is 2.72. The van der Waals surface area contributed by atoms with E-state index >= 15 is 0 Å². The summed E-state index contributed by atoms with van der Waals surface area (Å²) in [5, 5.41) is 7.70. The Balaban J connectivity index is 1.79. The second-order valence-corrected chi connectivity index (χ2v) is 3.83. The first-order valence-corrected chi connectivity index (χ1v) is 5.47. The van der Waals surface area contributed by atoms with Gasteiger partial charge in [-0.2, -0.15) is 0 Å². The maximum absolute atomic E-state index is 11.1. The molecule has 0 aliphatic carbocycles. The molecule has 0 unspecified atom stereocenters. The Kier molecular flexibility index (Phi) is 3.58. The molecule has 0 saturated carbocycles. The molecule has 7 nitrogen and oxygen atoms in total. The Morgan fingerprint density at radius 3 is 2.44 bits per heavy atom. The summed E-state index contributed by atoms with van der Waals surface area (Å²) in [6.45, 7) is 2.62. The van der Waals surface area contributed by atoms with Crippen LogP contribution in [0.25, 0.3) is 0 Å². The van der Waals surface area contributed by atoms with Crippen molar-refractivity contribution in [1.82, 2.24) is 20.1 Å². The van der Waals surface area contributed by atoms with Crippen LogP contribution < -0.4 is 16.7 Å². The molecule has 2 rings (SSSR count). The van der Waals surface area contributed by atoms with E-state index in [1.54, 1.807) is 0 Å². The summed E-state index contributed by atoms with van der Waals surface area (Å²) in [5.74, 6) is 0. The topological polar surface area (TPSA) is 91.9 Å². The highest BCUT2D eigenvalue weighted by Crippen LogP contribution is 2.06. The lowest BCUT2D eigenvalue weighted by Crippen LogP contribution is -2.34. The van der Waals surface area contributed by atoms with Crippen molar-refractivity contribution in [1.29, 1.82) is 0 Å². The molecule has 0 spiro atoms. The van der Waals surface area contributed by atoms with E-state index in [-0.39, 0.29) is 6.10 Å². The van der Waals surface area contributed by atoms with Gasteiger partial charge in [0.05, 0.1) is 19.3 Å². The molecule has 7 heteroatoms. The molecule has 0 aromatic carbocycles. The third-order valence-corrected chi connectivity index (χ3v) is 2.72. The number of ether oxygens (including phenoxy) is 1. The number of piperidine rings is 1. The SMILES string of the molecule is O=c1[nH][nH]c(=O)n1CCOC1CCNCC1. The molecule has 0 amide bonds. The number of aromatic nitrogens is 3. The maximum Gasteiger partial charge on any atom is 0.344 e. The van der Waals surface area contributed by atoms with Crippen LogP contribution in [0.5, 0.6) is 0 Å². The molecular formula is C9H16N4O3. The fourth-order valence-electron chi connectivity index (χ4n) is 1.81. The van der Waals surface area contributed by atoms with Gasteiger partial charge in [0, 0.05) is 0 Å². The van der Waals surface area contributed by atoms with Crippen molar-refractivity contribution < 1.29 is 4.74 Å². The lowest BCUT2D eigenvalue weighted by Gasteiger charge is -2.22. The summed E-state index contributed by atoms with van der Waals surface area (Å²) in [6.07, 6.45) is 2.21. The highest BCUT2D eigenvalue weighted by atomic mass is 16.5. The van der Waals surface area contributed by atoms with Gasteiger partial charge in [-0.25, -0.2) is 24.4 Å². The van der Waals surface area contributed by atoms with Crippen LogP contribution >= 0.6 is 0 Å². The Hall–Kier alpha value is -1.34. The minimum absolute atomic E-state index is 0.245. The number of nitrogens with zero attached hydrogens (tertiary/aromatic N) is 1. The average Bonchev–Trinajstić information content (AvgIpc) is 2.62. The van der Waals surface area contributed by atoms with Gasteiger partial charge in [0.25, 0.3) is 0 Å². The van der Waals surface area contributed by atoms with Crippen molar-refractivity contribution in [3.63, 3.8) is 0 Å². The van der Waals surface area contributed by atoms with Crippen molar-refractivity contribution in [3.05, 3.63) is 21.0 Å². The van der Waals surface area contributed by atoms with E-state index in [2.05, 4.69) is 15.5 Å². The van der Waals surface area contributed by atoms with Crippen LogP contribution in [0, 0.1) is 0 Å². The molecule has 90 valence electrons. The standard InChI is InChI=1S/C9H16N4O3/c14-8-11-12-9(15)13(8)5-6-16-7-1-3-10-4-2-7/h7,10H,1-6H2,(H,11,14)(H,12,15). The second-order valence-electron chi connectivity index (χ2n) is 3.83. The molecular weight excluding hydrogens is 212 g/mol. The molecule has 1 saturated heterocycles. The molecule has 2 heterocycles. The van der Waals surface area contributed by atoms with E-state index in [9.17, 15) is 9.59 Å². The first-order valence-electron chi connectivity index (χ1n) is 5.47. The summed E-state index contributed by atoms with van der Waals surface area (Å²) < 4.78 is 6.70. The minimum atomic E-state index is -0.418. The molecule has 1 aromatic rings. The molecule has 16 heavy (non-hydrogen) atoms. The second kappa shape index (κ2) is 5.13. The highest BCUT2D eigenvalue weighted by molar-refractivity contribution is 4.69. The van der Waals surface area contributed by atoms with Gasteiger partial charge >= 0.3 is 11.4 Å². The molecule has 1 aliphatic heterocycles. The number of H-pyrrole nitrogens is 2. The predicted octanol–water partition coefficient (Wildman–Crippen LogP) is -1.37. The first kappa shape index (κ1) is 11.2. The molecule has 1 fully saturated rings. The smallest absolute Gasteiger partial charge is 0.344 e. The van der Waals surface area contributed by atoms with Crippen LogP contribution in [-0.2, 0) is 11.3 Å². The zero-order valence-corrected chi connectivity index (χ0v) is 8.99. The zero-order chi connectivity index (χ0) is 11.4. The summed E-state index contributed by atoms with van der Waals surface area (Å²) in [4.78, 5) is 22.3. The Labute approximate surface area is 91.8 Å². The van der Waals surface area contributed by atoms with Gasteiger partial charge < -0.3 is 10.1 Å². The molecule has 3 N–H and O–H groups in total. The average molecular weight is 228 g/mol. The lowest BCUT2D eigenvalue weighted by atomic mass is 10.1. The van der Waals surface area contributed by atoms with Crippen LogP contribution in [0.15, 0.2) is 9.59 Å². The van der Waals surface area contributed by atoms with Crippen molar-refractivity contribution in [2.75, 3.05) is 19.7 Å². The number of hydrogen-bond acceptors (Lipinski definition) is 4. The van der Waals surface area contributed by atoms with Gasteiger partial charge in [0.15, 0.2) is 0 Å². The van der Waals surface area contributed by atoms with Gasteiger partial charge in [0.1, 0.15) is 0 Å². The molecule has 1 aliphatic rings. The molecule has 0 bridgehead atoms. The summed E-state index contributed by atoms with van der Waals surface area (Å²) in [5.41, 5.74) is -0.835. The van der Waals surface area contributed by atoms with Gasteiger partial charge in [-0.3, -0.25) is 0 Å². The Morgan fingerprint density at radius 1 is 1.19 bits per heavy atom. The lowest BCUT2D eigenvalue weighted by molar-refractivity contribution is 0.0278. The van der Waals surface area contributed by atoms with E-state index < -0.39 is 11.4 Å². The van der Waals surface area contributed by atoms with Crippen molar-refractivity contribution in [2.24, 2.45) is 0 Å². The number of hydrogen-bond donors (Lipinski definition) is 3. The summed E-state index contributed by atoms with van der Waals surface area (Å²) in [7, 11) is 0. The zero-order valence-electron chi connectivity index (χ0n) is 8.99. The largest absolute Gasteiger partial charge is 0.376 e. The Morgan fingerprint density at radius 2 is 1.81 bits per heavy atom. The van der Waals surface area contributed by atoms with Gasteiger partial charge in [0.2, 0.25) is 0 Å². The van der Waals surface area contributed by atoms with Crippen molar-refractivity contribution in [3.8, 4) is 0 Å². The molecule has 0 atom stereocenters. The van der Waals surface area contributed by atoms with Gasteiger partial charge in [-0.1, -0.05) is 0 Å². The maximum atomic E-state index is 11.1. The van der Waals surface area contributed by atoms with E-state index in [1.165, 1.54) is 0 Å². The fraction of sp³-hybridized carbons (Fsp3) is 0.778. The monoisotopic (exact) mass is 228 g/mol. The summed E-state index contributed by atoms with van der Waals surface area (Å²) >= 11 is 0. The van der Waals surface area contributed by atoms with Crippen LogP contribution in [0.2, 0.25) is 0 Å². The van der Waals surface area contributed by atoms with Crippen LogP contribution in [0.1, 0.15) is 12.8 Å². The first-order chi connectivity index (χ1) is 7.77. The predicted molar refractivity (Wildman–Crippen MR) is 57.5 cm³/mol. The number of rotatable bonds is 4. The quantitative estimate of drug-likeness (QED) is 0.593. The van der Waals surface area contributed by atoms with Crippen LogP contribution in [-0.4, -0.2) is 40.6 Å². The van der Waals surface area contributed by atoms with Crippen LogP contribution in [0.4, 0.5) is 0 Å². The van der Waals surface area contributed by atoms with Crippen LogP contribution in [0.3, 0.4) is 0 Å². The number of aromatic amines is 2. The van der Waals surface area contributed by atoms with E-state index in [1.807, 2.05) is 0 Å². The third kappa shape index (κ3) is 2.61. The van der Waals surface area contributed by atoms with E-state index in [4.69, 9.17) is 4.74 Å². The van der Waals surface area contributed by atoms with Gasteiger partial charge in [-0.15, -0.1) is 0 Å². The molecule has 0 radical (unpaired) electrons. The van der Waals surface area contributed by atoms with Crippen molar-refractivity contribution >= 4 is 0 Å². The fourth-order valence-corrected chi connectivity index (χ4v) is 1.81. The Bertz CT molecular complexity index is 399.